The highest BCUT2D eigenvalue weighted by molar-refractivity contribution is 7.93. The number of nitrogens with one attached hydrogen (secondary N) is 1. The molecule has 4 rings (SSSR count). The van der Waals surface area contributed by atoms with Crippen LogP contribution in [-0.4, -0.2) is 63.1 Å². The van der Waals surface area contributed by atoms with E-state index in [9.17, 15) is 43.4 Å². The van der Waals surface area contributed by atoms with Crippen LogP contribution in [0.4, 0.5) is 11.4 Å². The third-order valence-corrected chi connectivity index (χ3v) is 8.09. The number of nitro groups is 1. The molecule has 0 spiro atoms. The first-order valence-corrected chi connectivity index (χ1v) is 14.6. The Morgan fingerprint density at radius 3 is 2.43 bits per heavy atom. The van der Waals surface area contributed by atoms with Crippen LogP contribution < -0.4 is 4.72 Å². The first kappa shape index (κ1) is 30.5. The van der Waals surface area contributed by atoms with Gasteiger partial charge in [0.15, 0.2) is 17.3 Å². The largest absolute Gasteiger partial charge is 0.504 e. The van der Waals surface area contributed by atoms with Gasteiger partial charge >= 0.3 is 0 Å². The molecule has 3 atom stereocenters. The molecule has 14 heteroatoms. The number of aliphatic hydroxyl groups excluding tert-OH is 1. The molecule has 1 aliphatic rings. The fraction of sp³-hybridized carbons (Fsp3) is 0.214. The summed E-state index contributed by atoms with van der Waals surface area (Å²) < 4.78 is 28.4. The highest BCUT2D eigenvalue weighted by Gasteiger charge is 2.55. The number of sulfonamides is 1. The number of benzene rings is 3. The SMILES string of the molecule is C[C@H](O)Cc1c(NS(=O)(=O)CC(=O)[C@@H]2[C@H](c3ccccc3)N2C(=O)/C=C/c2ccc(O)c(O)c2)ccc([N+](=O)[O-])c1Cl. The Morgan fingerprint density at radius 1 is 1.12 bits per heavy atom. The number of phenolic OH excluding ortho intramolecular Hbond substituents is 2. The van der Waals surface area contributed by atoms with E-state index in [1.54, 1.807) is 30.3 Å². The molecule has 0 radical (unpaired) electrons. The van der Waals surface area contributed by atoms with Crippen molar-refractivity contribution in [3.8, 4) is 11.5 Å². The molecule has 1 amide bonds. The molecule has 1 fully saturated rings. The predicted molar refractivity (Wildman–Crippen MR) is 155 cm³/mol. The molecule has 1 heterocycles. The summed E-state index contributed by atoms with van der Waals surface area (Å²) in [6.07, 6.45) is 1.34. The standard InChI is InChI=1S/C28H26ClN3O9S/c1-16(33)13-19-20(9-10-21(26(19)29)32(38)39)30-42(40,41)15-24(36)28-27(18-5-3-2-4-6-18)31(28)25(37)12-8-17-7-11-22(34)23(35)14-17/h2-12,14,16,27-28,30,33-35H,13,15H2,1H3/b12-8+/t16-,27-,28+,31?/m0/s1. The summed E-state index contributed by atoms with van der Waals surface area (Å²) in [6.45, 7) is 1.40. The van der Waals surface area contributed by atoms with Crippen molar-refractivity contribution in [2.75, 3.05) is 10.5 Å². The number of aromatic hydroxyl groups is 2. The number of anilines is 1. The highest BCUT2D eigenvalue weighted by atomic mass is 35.5. The lowest BCUT2D eigenvalue weighted by Crippen LogP contribution is -2.28. The molecular formula is C28H26ClN3O9S. The van der Waals surface area contributed by atoms with Gasteiger partial charge in [-0.3, -0.25) is 24.4 Å². The van der Waals surface area contributed by atoms with E-state index in [0.29, 0.717) is 11.1 Å². The van der Waals surface area contributed by atoms with E-state index in [2.05, 4.69) is 4.72 Å². The average Bonchev–Trinajstić information content (AvgIpc) is 3.67. The maximum Gasteiger partial charge on any atom is 0.288 e. The Balaban J connectivity index is 1.56. The van der Waals surface area contributed by atoms with Gasteiger partial charge in [-0.25, -0.2) is 8.42 Å². The Morgan fingerprint density at radius 2 is 1.81 bits per heavy atom. The molecular weight excluding hydrogens is 590 g/mol. The smallest absolute Gasteiger partial charge is 0.288 e. The summed E-state index contributed by atoms with van der Waals surface area (Å²) in [5.41, 5.74) is 0.419. The minimum Gasteiger partial charge on any atom is -0.504 e. The van der Waals surface area contributed by atoms with Gasteiger partial charge in [-0.1, -0.05) is 48.0 Å². The summed E-state index contributed by atoms with van der Waals surface area (Å²) in [5, 5.41) is 40.0. The van der Waals surface area contributed by atoms with Gasteiger partial charge in [0, 0.05) is 24.1 Å². The average molecular weight is 616 g/mol. The maximum atomic E-state index is 13.3. The van der Waals surface area contributed by atoms with Crippen LogP contribution >= 0.6 is 11.6 Å². The number of ketones is 1. The summed E-state index contributed by atoms with van der Waals surface area (Å²) >= 11 is 6.15. The first-order valence-electron chi connectivity index (χ1n) is 12.5. The molecule has 42 heavy (non-hydrogen) atoms. The molecule has 0 bridgehead atoms. The van der Waals surface area contributed by atoms with Crippen LogP contribution in [0.25, 0.3) is 6.08 Å². The summed E-state index contributed by atoms with van der Waals surface area (Å²) in [5.74, 6) is -3.08. The van der Waals surface area contributed by atoms with Crippen LogP contribution in [0.5, 0.6) is 11.5 Å². The van der Waals surface area contributed by atoms with E-state index in [0.717, 1.165) is 12.1 Å². The van der Waals surface area contributed by atoms with Crippen molar-refractivity contribution in [1.29, 1.82) is 0 Å². The quantitative estimate of drug-likeness (QED) is 0.0822. The van der Waals surface area contributed by atoms with Crippen molar-refractivity contribution in [3.63, 3.8) is 0 Å². The third kappa shape index (κ3) is 6.87. The Hall–Kier alpha value is -4.46. The first-order chi connectivity index (χ1) is 19.8. The topological polar surface area (TPSA) is 187 Å². The monoisotopic (exact) mass is 615 g/mol. The molecule has 4 N–H and O–H groups in total. The van der Waals surface area contributed by atoms with Crippen molar-refractivity contribution < 1.29 is 38.2 Å². The number of nitro benzene ring substituents is 1. The number of phenols is 2. The number of halogens is 1. The van der Waals surface area contributed by atoms with Crippen LogP contribution in [0.15, 0.2) is 66.7 Å². The molecule has 1 aliphatic heterocycles. The van der Waals surface area contributed by atoms with Crippen molar-refractivity contribution in [2.45, 2.75) is 31.5 Å². The van der Waals surface area contributed by atoms with E-state index in [1.165, 1.54) is 42.2 Å². The summed E-state index contributed by atoms with van der Waals surface area (Å²) in [4.78, 5) is 38.1. The second-order valence-electron chi connectivity index (χ2n) is 9.69. The lowest BCUT2D eigenvalue weighted by Gasteiger charge is -2.15. The van der Waals surface area contributed by atoms with Crippen molar-refractivity contribution in [2.24, 2.45) is 0 Å². The Labute approximate surface area is 245 Å². The Bertz CT molecular complexity index is 1680. The molecule has 12 nitrogen and oxygen atoms in total. The number of carbonyl (C=O) groups is 2. The summed E-state index contributed by atoms with van der Waals surface area (Å²) in [7, 11) is -4.38. The van der Waals surface area contributed by atoms with Crippen LogP contribution in [0.1, 0.15) is 29.7 Å². The van der Waals surface area contributed by atoms with Gasteiger partial charge in [-0.15, -0.1) is 0 Å². The number of hydrogen-bond acceptors (Lipinski definition) is 9. The normalized spacial score (nSPS) is 17.2. The van der Waals surface area contributed by atoms with Crippen LogP contribution in [0.2, 0.25) is 5.02 Å². The lowest BCUT2D eigenvalue weighted by molar-refractivity contribution is -0.384. The highest BCUT2D eigenvalue weighted by Crippen LogP contribution is 2.44. The van der Waals surface area contributed by atoms with E-state index in [1.807, 2.05) is 0 Å². The molecule has 1 saturated heterocycles. The van der Waals surface area contributed by atoms with Crippen LogP contribution in [0, 0.1) is 10.1 Å². The number of aliphatic hydroxyl groups is 1. The molecule has 3 aromatic rings. The number of carbonyl (C=O) groups excluding carboxylic acids is 2. The molecule has 3 aromatic carbocycles. The van der Waals surface area contributed by atoms with Gasteiger partial charge in [-0.2, -0.15) is 0 Å². The molecule has 0 aliphatic carbocycles. The molecule has 0 saturated carbocycles. The molecule has 220 valence electrons. The third-order valence-electron chi connectivity index (χ3n) is 6.47. The van der Waals surface area contributed by atoms with Crippen molar-refractivity contribution in [3.05, 3.63) is 98.6 Å². The van der Waals surface area contributed by atoms with Gasteiger partial charge in [-0.05, 0) is 42.3 Å². The van der Waals surface area contributed by atoms with Gasteiger partial charge in [0.2, 0.25) is 15.9 Å². The van der Waals surface area contributed by atoms with Crippen molar-refractivity contribution >= 4 is 50.8 Å². The summed E-state index contributed by atoms with van der Waals surface area (Å²) in [6, 6.07) is 12.9. The van der Waals surface area contributed by atoms with Crippen LogP contribution in [0.3, 0.4) is 0 Å². The van der Waals surface area contributed by atoms with Gasteiger partial charge in [0.05, 0.1) is 22.8 Å². The van der Waals surface area contributed by atoms with E-state index in [-0.39, 0.29) is 34.2 Å². The zero-order valence-electron chi connectivity index (χ0n) is 22.0. The van der Waals surface area contributed by atoms with E-state index >= 15 is 0 Å². The molecule has 0 aromatic heterocycles. The Kier molecular flexibility index (Phi) is 8.85. The maximum absolute atomic E-state index is 13.3. The minimum atomic E-state index is -4.38. The number of Topliss-reactive ketones (excluding diaryl/α,β-unsaturated/α-hetero) is 1. The van der Waals surface area contributed by atoms with Gasteiger partial charge in [0.25, 0.3) is 5.69 Å². The van der Waals surface area contributed by atoms with Crippen molar-refractivity contribution in [1.82, 2.24) is 4.90 Å². The zero-order valence-corrected chi connectivity index (χ0v) is 23.6. The van der Waals surface area contributed by atoms with Gasteiger partial charge in [0.1, 0.15) is 16.8 Å². The number of hydrogen-bond donors (Lipinski definition) is 4. The van der Waals surface area contributed by atoms with Crippen LogP contribution in [-0.2, 0) is 26.0 Å². The fourth-order valence-corrected chi connectivity index (χ4v) is 6.00. The second kappa shape index (κ2) is 12.2. The number of amides is 1. The van der Waals surface area contributed by atoms with E-state index < -0.39 is 56.3 Å². The predicted octanol–water partition coefficient (Wildman–Crippen LogP) is 3.56. The van der Waals surface area contributed by atoms with Gasteiger partial charge < -0.3 is 20.2 Å². The lowest BCUT2D eigenvalue weighted by atomic mass is 10.1. The second-order valence-corrected chi connectivity index (χ2v) is 11.8. The zero-order chi connectivity index (χ0) is 30.8. The fourth-order valence-electron chi connectivity index (χ4n) is 4.54. The minimum absolute atomic E-state index is 0.00677. The molecule has 0 unspecified atom stereocenters. The number of nitrogens with zero attached hydrogens (tertiary/aromatic N) is 2. The number of rotatable bonds is 11. The van der Waals surface area contributed by atoms with E-state index in [4.69, 9.17) is 11.6 Å².